The van der Waals surface area contributed by atoms with Crippen molar-refractivity contribution >= 4 is 17.5 Å². The SMILES string of the molecule is CCOC(=O)C(F)C1CCN(Cc2c(C)nsc2C)C1. The van der Waals surface area contributed by atoms with Gasteiger partial charge in [-0.1, -0.05) is 0 Å². The Balaban J connectivity index is 1.91. The van der Waals surface area contributed by atoms with Crippen molar-refractivity contribution in [2.24, 2.45) is 5.92 Å². The topological polar surface area (TPSA) is 42.4 Å². The number of rotatable bonds is 5. The summed E-state index contributed by atoms with van der Waals surface area (Å²) in [6, 6.07) is 0. The highest BCUT2D eigenvalue weighted by atomic mass is 32.1. The minimum absolute atomic E-state index is 0.231. The zero-order valence-electron chi connectivity index (χ0n) is 12.2. The van der Waals surface area contributed by atoms with E-state index in [1.165, 1.54) is 22.0 Å². The van der Waals surface area contributed by atoms with Crippen molar-refractivity contribution in [3.8, 4) is 0 Å². The third-order valence-electron chi connectivity index (χ3n) is 3.80. The fourth-order valence-corrected chi connectivity index (χ4v) is 3.32. The van der Waals surface area contributed by atoms with Gasteiger partial charge in [-0.25, -0.2) is 9.18 Å². The second-order valence-corrected chi connectivity index (χ2v) is 6.22. The average molecular weight is 300 g/mol. The molecule has 112 valence electrons. The van der Waals surface area contributed by atoms with Crippen molar-refractivity contribution in [2.75, 3.05) is 19.7 Å². The molecule has 0 saturated carbocycles. The van der Waals surface area contributed by atoms with Crippen LogP contribution in [0.5, 0.6) is 0 Å². The minimum atomic E-state index is -1.50. The monoisotopic (exact) mass is 300 g/mol. The van der Waals surface area contributed by atoms with E-state index < -0.39 is 12.1 Å². The third kappa shape index (κ3) is 3.35. The zero-order valence-corrected chi connectivity index (χ0v) is 13.0. The van der Waals surface area contributed by atoms with Crippen LogP contribution in [-0.2, 0) is 16.1 Å². The first-order chi connectivity index (χ1) is 9.52. The Morgan fingerprint density at radius 1 is 1.60 bits per heavy atom. The Morgan fingerprint density at radius 2 is 2.35 bits per heavy atom. The smallest absolute Gasteiger partial charge is 0.341 e. The number of aromatic nitrogens is 1. The zero-order chi connectivity index (χ0) is 14.7. The van der Waals surface area contributed by atoms with E-state index in [1.54, 1.807) is 6.92 Å². The average Bonchev–Trinajstić information content (AvgIpc) is 3.00. The summed E-state index contributed by atoms with van der Waals surface area (Å²) in [7, 11) is 0. The van der Waals surface area contributed by atoms with Gasteiger partial charge in [0, 0.05) is 29.4 Å². The molecule has 1 aliphatic rings. The van der Waals surface area contributed by atoms with Crippen LogP contribution in [0, 0.1) is 19.8 Å². The molecule has 0 radical (unpaired) electrons. The number of esters is 1. The summed E-state index contributed by atoms with van der Waals surface area (Å²) < 4.78 is 23.1. The van der Waals surface area contributed by atoms with E-state index in [4.69, 9.17) is 4.74 Å². The summed E-state index contributed by atoms with van der Waals surface area (Å²) in [5, 5.41) is 0. The van der Waals surface area contributed by atoms with Gasteiger partial charge in [-0.05, 0) is 45.3 Å². The molecule has 2 rings (SSSR count). The maximum absolute atomic E-state index is 14.0. The summed E-state index contributed by atoms with van der Waals surface area (Å²) in [4.78, 5) is 14.8. The van der Waals surface area contributed by atoms with E-state index in [0.717, 1.165) is 18.8 Å². The van der Waals surface area contributed by atoms with Crippen molar-refractivity contribution in [1.29, 1.82) is 0 Å². The molecule has 1 saturated heterocycles. The molecule has 4 nitrogen and oxygen atoms in total. The van der Waals surface area contributed by atoms with Gasteiger partial charge < -0.3 is 4.74 Å². The molecular formula is C14H21FN2O2S. The predicted molar refractivity (Wildman–Crippen MR) is 76.5 cm³/mol. The molecule has 1 aliphatic heterocycles. The fourth-order valence-electron chi connectivity index (χ4n) is 2.61. The molecule has 0 amide bonds. The number of alkyl halides is 1. The van der Waals surface area contributed by atoms with Crippen molar-refractivity contribution in [2.45, 2.75) is 39.9 Å². The summed E-state index contributed by atoms with van der Waals surface area (Å²) in [5.74, 6) is -0.967. The highest BCUT2D eigenvalue weighted by molar-refractivity contribution is 7.05. The number of carbonyl (C=O) groups is 1. The molecule has 0 bridgehead atoms. The largest absolute Gasteiger partial charge is 0.464 e. The molecule has 2 unspecified atom stereocenters. The fraction of sp³-hybridized carbons (Fsp3) is 0.714. The standard InChI is InChI=1S/C14H21FN2O2S/c1-4-19-14(18)13(15)11-5-6-17(7-11)8-12-9(2)16-20-10(12)3/h11,13H,4-8H2,1-3H3. The lowest BCUT2D eigenvalue weighted by Gasteiger charge is -2.17. The highest BCUT2D eigenvalue weighted by Crippen LogP contribution is 2.26. The number of halogens is 1. The highest BCUT2D eigenvalue weighted by Gasteiger charge is 2.35. The van der Waals surface area contributed by atoms with Gasteiger partial charge in [-0.2, -0.15) is 4.37 Å². The Labute approximate surface area is 123 Å². The van der Waals surface area contributed by atoms with Crippen LogP contribution in [-0.4, -0.2) is 41.1 Å². The van der Waals surface area contributed by atoms with Gasteiger partial charge in [0.25, 0.3) is 0 Å². The van der Waals surface area contributed by atoms with Gasteiger partial charge in [0.05, 0.1) is 12.3 Å². The minimum Gasteiger partial charge on any atom is -0.464 e. The maximum atomic E-state index is 14.0. The third-order valence-corrected chi connectivity index (χ3v) is 4.68. The van der Waals surface area contributed by atoms with E-state index >= 15 is 0 Å². The summed E-state index contributed by atoms with van der Waals surface area (Å²) >= 11 is 1.51. The Morgan fingerprint density at radius 3 is 2.95 bits per heavy atom. The van der Waals surface area contributed by atoms with Crippen molar-refractivity contribution < 1.29 is 13.9 Å². The second-order valence-electron chi connectivity index (χ2n) is 5.24. The van der Waals surface area contributed by atoms with Crippen LogP contribution in [0.1, 0.15) is 29.5 Å². The van der Waals surface area contributed by atoms with Gasteiger partial charge in [-0.3, -0.25) is 4.90 Å². The van der Waals surface area contributed by atoms with Crippen LogP contribution < -0.4 is 0 Å². The summed E-state index contributed by atoms with van der Waals surface area (Å²) in [5.41, 5.74) is 2.29. The lowest BCUT2D eigenvalue weighted by Crippen LogP contribution is -2.30. The first-order valence-electron chi connectivity index (χ1n) is 6.97. The lowest BCUT2D eigenvalue weighted by atomic mass is 10.0. The van der Waals surface area contributed by atoms with Gasteiger partial charge in [0.1, 0.15) is 0 Å². The molecule has 20 heavy (non-hydrogen) atoms. The number of ether oxygens (including phenoxy) is 1. The van der Waals surface area contributed by atoms with Crippen molar-refractivity contribution in [3.05, 3.63) is 16.1 Å². The molecule has 0 aliphatic carbocycles. The molecule has 1 aromatic rings. The Kier molecular flexibility index (Phi) is 5.10. The molecule has 0 aromatic carbocycles. The van der Waals surface area contributed by atoms with Crippen LogP contribution in [0.15, 0.2) is 0 Å². The number of aryl methyl sites for hydroxylation is 2. The van der Waals surface area contributed by atoms with Crippen molar-refractivity contribution in [1.82, 2.24) is 9.27 Å². The molecule has 2 heterocycles. The summed E-state index contributed by atoms with van der Waals surface area (Å²) in [6.07, 6.45) is -0.793. The van der Waals surface area contributed by atoms with Gasteiger partial charge in [-0.15, -0.1) is 0 Å². The normalized spacial score (nSPS) is 21.1. The van der Waals surface area contributed by atoms with Crippen LogP contribution in [0.2, 0.25) is 0 Å². The van der Waals surface area contributed by atoms with Crippen LogP contribution in [0.4, 0.5) is 4.39 Å². The number of hydrogen-bond acceptors (Lipinski definition) is 5. The van der Waals surface area contributed by atoms with Gasteiger partial charge in [0.15, 0.2) is 0 Å². The molecule has 2 atom stereocenters. The number of nitrogens with zero attached hydrogens (tertiary/aromatic N) is 2. The summed E-state index contributed by atoms with van der Waals surface area (Å²) in [6.45, 7) is 8.20. The Hall–Kier alpha value is -1.01. The van der Waals surface area contributed by atoms with Crippen LogP contribution in [0.3, 0.4) is 0 Å². The number of carbonyl (C=O) groups excluding carboxylic acids is 1. The van der Waals surface area contributed by atoms with E-state index in [9.17, 15) is 9.18 Å². The van der Waals surface area contributed by atoms with Crippen LogP contribution in [0.25, 0.3) is 0 Å². The van der Waals surface area contributed by atoms with Crippen molar-refractivity contribution in [3.63, 3.8) is 0 Å². The molecule has 1 aromatic heterocycles. The molecule has 0 N–H and O–H groups in total. The molecule has 1 fully saturated rings. The van der Waals surface area contributed by atoms with E-state index in [2.05, 4.69) is 16.2 Å². The first kappa shape index (κ1) is 15.4. The molecular weight excluding hydrogens is 279 g/mol. The number of hydrogen-bond donors (Lipinski definition) is 0. The first-order valence-corrected chi connectivity index (χ1v) is 7.75. The van der Waals surface area contributed by atoms with Gasteiger partial charge >= 0.3 is 5.97 Å². The second kappa shape index (κ2) is 6.63. The number of likely N-dealkylation sites (tertiary alicyclic amines) is 1. The predicted octanol–water partition coefficient (Wildman–Crippen LogP) is 2.48. The van der Waals surface area contributed by atoms with Gasteiger partial charge in [0.2, 0.25) is 6.17 Å². The Bertz CT molecular complexity index is 458. The van der Waals surface area contributed by atoms with E-state index in [-0.39, 0.29) is 12.5 Å². The maximum Gasteiger partial charge on any atom is 0.341 e. The van der Waals surface area contributed by atoms with Crippen LogP contribution >= 0.6 is 11.5 Å². The quantitative estimate of drug-likeness (QED) is 0.784. The molecule has 6 heteroatoms. The molecule has 0 spiro atoms. The van der Waals surface area contributed by atoms with E-state index in [0.29, 0.717) is 13.0 Å². The van der Waals surface area contributed by atoms with E-state index in [1.807, 2.05) is 6.92 Å². The lowest BCUT2D eigenvalue weighted by molar-refractivity contribution is -0.151.